The zero-order valence-corrected chi connectivity index (χ0v) is 20.2. The van der Waals surface area contributed by atoms with Crippen molar-refractivity contribution >= 4 is 17.9 Å². The van der Waals surface area contributed by atoms with Crippen LogP contribution in [0.2, 0.25) is 0 Å². The van der Waals surface area contributed by atoms with E-state index in [2.05, 4.69) is 17.4 Å². The first-order valence-electron chi connectivity index (χ1n) is 12.5. The van der Waals surface area contributed by atoms with Crippen molar-refractivity contribution in [1.82, 2.24) is 15.1 Å². The van der Waals surface area contributed by atoms with Crippen LogP contribution >= 0.6 is 0 Å². The molecule has 0 saturated carbocycles. The van der Waals surface area contributed by atoms with Crippen molar-refractivity contribution in [3.8, 4) is 0 Å². The number of nitrogens with one attached hydrogen (secondary N) is 1. The van der Waals surface area contributed by atoms with Gasteiger partial charge >= 0.3 is 6.09 Å². The molecule has 1 N–H and O–H groups in total. The van der Waals surface area contributed by atoms with Gasteiger partial charge in [-0.15, -0.1) is 0 Å². The lowest BCUT2D eigenvalue weighted by atomic mass is 9.99. The van der Waals surface area contributed by atoms with Crippen LogP contribution in [0, 0.1) is 0 Å². The van der Waals surface area contributed by atoms with Crippen molar-refractivity contribution in [1.29, 1.82) is 0 Å². The Balaban J connectivity index is 1.30. The minimum atomic E-state index is -0.753. The number of hydrogen-bond acceptors (Lipinski definition) is 5. The van der Waals surface area contributed by atoms with E-state index in [1.54, 1.807) is 25.7 Å². The number of benzene rings is 1. The van der Waals surface area contributed by atoms with Crippen LogP contribution in [0.15, 0.2) is 30.3 Å². The lowest BCUT2D eigenvalue weighted by Crippen LogP contribution is -2.57. The van der Waals surface area contributed by atoms with Crippen LogP contribution in [-0.2, 0) is 19.1 Å². The summed E-state index contributed by atoms with van der Waals surface area (Å²) >= 11 is 0. The van der Waals surface area contributed by atoms with Gasteiger partial charge in [0.05, 0.1) is 12.2 Å². The first kappa shape index (κ1) is 23.1. The van der Waals surface area contributed by atoms with Gasteiger partial charge in [-0.2, -0.15) is 0 Å². The van der Waals surface area contributed by atoms with Crippen LogP contribution in [-0.4, -0.2) is 76.7 Å². The van der Waals surface area contributed by atoms with Gasteiger partial charge in [0.1, 0.15) is 17.7 Å². The second kappa shape index (κ2) is 8.87. The van der Waals surface area contributed by atoms with Gasteiger partial charge in [0, 0.05) is 31.5 Å². The fourth-order valence-corrected chi connectivity index (χ4v) is 5.80. The van der Waals surface area contributed by atoms with Crippen molar-refractivity contribution in [2.45, 2.75) is 94.7 Å². The maximum absolute atomic E-state index is 13.7. The van der Waals surface area contributed by atoms with Crippen molar-refractivity contribution < 1.29 is 23.9 Å². The van der Waals surface area contributed by atoms with E-state index in [-0.39, 0.29) is 30.1 Å². The molecular weight excluding hydrogens is 434 g/mol. The Bertz CT molecular complexity index is 946. The summed E-state index contributed by atoms with van der Waals surface area (Å²) in [7, 11) is 0. The average Bonchev–Trinajstić information content (AvgIpc) is 3.15. The molecule has 1 unspecified atom stereocenters. The predicted molar refractivity (Wildman–Crippen MR) is 125 cm³/mol. The van der Waals surface area contributed by atoms with Gasteiger partial charge in [0.15, 0.2) is 0 Å². The minimum Gasteiger partial charge on any atom is -0.444 e. The summed E-state index contributed by atoms with van der Waals surface area (Å²) in [6, 6.07) is 9.03. The van der Waals surface area contributed by atoms with Crippen LogP contribution in [0.4, 0.5) is 4.79 Å². The summed E-state index contributed by atoms with van der Waals surface area (Å²) in [5, 5.41) is 2.76. The minimum absolute atomic E-state index is 0.0222. The van der Waals surface area contributed by atoms with Gasteiger partial charge in [-0.1, -0.05) is 30.3 Å². The van der Waals surface area contributed by atoms with E-state index in [9.17, 15) is 14.4 Å². The molecule has 4 saturated heterocycles. The van der Waals surface area contributed by atoms with Crippen molar-refractivity contribution in [2.24, 2.45) is 0 Å². The number of alkyl carbamates (subject to hydrolysis) is 1. The second-order valence-corrected chi connectivity index (χ2v) is 11.1. The fourth-order valence-electron chi connectivity index (χ4n) is 5.80. The van der Waals surface area contributed by atoms with Gasteiger partial charge in [-0.05, 0) is 52.0 Å². The number of likely N-dealkylation sites (tertiary alicyclic amines) is 1. The van der Waals surface area contributed by atoms with E-state index in [4.69, 9.17) is 9.47 Å². The number of carbonyl (C=O) groups is 3. The topological polar surface area (TPSA) is 91.5 Å². The molecule has 6 atom stereocenters. The highest BCUT2D eigenvalue weighted by molar-refractivity contribution is 5.92. The molecule has 0 aliphatic carbocycles. The number of carbonyl (C=O) groups excluding carboxylic acids is 3. The number of ether oxygens (including phenoxy) is 2. The maximum atomic E-state index is 13.7. The smallest absolute Gasteiger partial charge is 0.408 e. The SMILES string of the molecule is CC(C)(C)OC(=O)N[C@@H]1C[C@H]2O[C@H]2C[C@@H]2CC[C@H](C(=O)N3CCC(c4ccccc4)C3)N2C1=O. The molecule has 4 aliphatic rings. The molecule has 5 rings (SSSR count). The molecule has 8 nitrogen and oxygen atoms in total. The molecule has 34 heavy (non-hydrogen) atoms. The molecule has 8 heteroatoms. The Morgan fingerprint density at radius 2 is 1.79 bits per heavy atom. The van der Waals surface area contributed by atoms with E-state index in [0.717, 1.165) is 19.3 Å². The summed E-state index contributed by atoms with van der Waals surface area (Å²) in [5.74, 6) is 0.159. The molecule has 0 bridgehead atoms. The zero-order valence-electron chi connectivity index (χ0n) is 20.2. The molecule has 0 aromatic heterocycles. The van der Waals surface area contributed by atoms with Gasteiger partial charge in [-0.25, -0.2) is 4.79 Å². The zero-order chi connectivity index (χ0) is 24.0. The highest BCUT2D eigenvalue weighted by Gasteiger charge is 2.53. The molecule has 0 radical (unpaired) electrons. The second-order valence-electron chi connectivity index (χ2n) is 11.1. The summed E-state index contributed by atoms with van der Waals surface area (Å²) in [4.78, 5) is 43.5. The first-order chi connectivity index (χ1) is 16.2. The lowest BCUT2D eigenvalue weighted by Gasteiger charge is -2.35. The van der Waals surface area contributed by atoms with Crippen molar-refractivity contribution in [3.05, 3.63) is 35.9 Å². The first-order valence-corrected chi connectivity index (χ1v) is 12.5. The van der Waals surface area contributed by atoms with E-state index in [1.165, 1.54) is 5.56 Å². The normalized spacial score (nSPS) is 33.0. The number of fused-ring (bicyclic) bond motifs is 2. The Hall–Kier alpha value is -2.61. The quantitative estimate of drug-likeness (QED) is 0.688. The van der Waals surface area contributed by atoms with Crippen molar-refractivity contribution in [2.75, 3.05) is 13.1 Å². The largest absolute Gasteiger partial charge is 0.444 e. The molecule has 3 amide bonds. The molecule has 4 heterocycles. The number of rotatable bonds is 3. The van der Waals surface area contributed by atoms with Crippen LogP contribution in [0.1, 0.15) is 64.4 Å². The molecule has 0 spiro atoms. The van der Waals surface area contributed by atoms with Crippen LogP contribution < -0.4 is 5.32 Å². The molecule has 4 aliphatic heterocycles. The van der Waals surface area contributed by atoms with E-state index in [1.807, 2.05) is 23.1 Å². The molecule has 1 aromatic rings. The van der Waals surface area contributed by atoms with Crippen LogP contribution in [0.5, 0.6) is 0 Å². The van der Waals surface area contributed by atoms with Crippen LogP contribution in [0.3, 0.4) is 0 Å². The van der Waals surface area contributed by atoms with E-state index < -0.39 is 23.8 Å². The summed E-state index contributed by atoms with van der Waals surface area (Å²) in [6.45, 7) is 6.75. The lowest BCUT2D eigenvalue weighted by molar-refractivity contribution is -0.146. The van der Waals surface area contributed by atoms with Gasteiger partial charge in [0.2, 0.25) is 11.8 Å². The summed E-state index contributed by atoms with van der Waals surface area (Å²) in [5.41, 5.74) is 0.593. The molecule has 184 valence electrons. The average molecular weight is 470 g/mol. The van der Waals surface area contributed by atoms with Crippen LogP contribution in [0.25, 0.3) is 0 Å². The standard InChI is InChI=1S/C26H35N3O5/c1-26(2,3)34-25(32)27-19-14-22-21(33-22)13-18-9-10-20(29(18)23(19)30)24(31)28-12-11-17(15-28)16-7-5-4-6-8-16/h4-8,17-22H,9-15H2,1-3H3,(H,27,32)/t17?,18-,19+,20+,21-,22+/m0/s1. The third-order valence-electron chi connectivity index (χ3n) is 7.46. The number of nitrogens with zero attached hydrogens (tertiary/aromatic N) is 2. The van der Waals surface area contributed by atoms with E-state index >= 15 is 0 Å². The predicted octanol–water partition coefficient (Wildman–Crippen LogP) is 2.82. The Kier molecular flexibility index (Phi) is 6.04. The van der Waals surface area contributed by atoms with Crippen molar-refractivity contribution in [3.63, 3.8) is 0 Å². The highest BCUT2D eigenvalue weighted by atomic mass is 16.6. The van der Waals surface area contributed by atoms with Gasteiger partial charge in [0.25, 0.3) is 0 Å². The summed E-state index contributed by atoms with van der Waals surface area (Å²) < 4.78 is 11.2. The maximum Gasteiger partial charge on any atom is 0.408 e. The third-order valence-corrected chi connectivity index (χ3v) is 7.46. The Labute approximate surface area is 200 Å². The van der Waals surface area contributed by atoms with E-state index in [0.29, 0.717) is 31.8 Å². The number of epoxide rings is 1. The van der Waals surface area contributed by atoms with Gasteiger partial charge in [-0.3, -0.25) is 9.59 Å². The van der Waals surface area contributed by atoms with Gasteiger partial charge < -0.3 is 24.6 Å². The molecule has 4 fully saturated rings. The Morgan fingerprint density at radius 3 is 2.53 bits per heavy atom. The number of amides is 3. The molecule has 1 aromatic carbocycles. The third kappa shape index (κ3) is 4.78. The highest BCUT2D eigenvalue weighted by Crippen LogP contribution is 2.40. The summed E-state index contributed by atoms with van der Waals surface area (Å²) in [6.07, 6.45) is 2.98. The molecular formula is C26H35N3O5. The monoisotopic (exact) mass is 469 g/mol. The Morgan fingerprint density at radius 1 is 1.06 bits per heavy atom. The fraction of sp³-hybridized carbons (Fsp3) is 0.654. The number of hydrogen-bond donors (Lipinski definition) is 1.